The Labute approximate surface area is 142 Å². The van der Waals surface area contributed by atoms with E-state index < -0.39 is 10.8 Å². The highest BCUT2D eigenvalue weighted by atomic mass is 32.1. The smallest absolute Gasteiger partial charge is 0.311 e. The van der Waals surface area contributed by atoms with Crippen LogP contribution in [0.2, 0.25) is 0 Å². The summed E-state index contributed by atoms with van der Waals surface area (Å²) in [6.07, 6.45) is 1.53. The Balaban J connectivity index is 2.02. The second-order valence-electron chi connectivity index (χ2n) is 4.59. The van der Waals surface area contributed by atoms with Gasteiger partial charge in [0.15, 0.2) is 10.9 Å². The van der Waals surface area contributed by atoms with Crippen LogP contribution in [0.1, 0.15) is 23.0 Å². The van der Waals surface area contributed by atoms with Crippen LogP contribution in [-0.2, 0) is 6.54 Å². The fraction of sp³-hybridized carbons (Fsp3) is 0.200. The summed E-state index contributed by atoms with van der Waals surface area (Å²) in [5, 5.41) is 16.4. The Bertz CT molecular complexity index is 746. The Morgan fingerprint density at radius 1 is 1.42 bits per heavy atom. The Morgan fingerprint density at radius 3 is 2.83 bits per heavy atom. The first kappa shape index (κ1) is 17.4. The third kappa shape index (κ3) is 4.53. The number of ether oxygens (including phenoxy) is 1. The van der Waals surface area contributed by atoms with E-state index in [-0.39, 0.29) is 28.7 Å². The van der Waals surface area contributed by atoms with Crippen LogP contribution < -0.4 is 15.4 Å². The lowest BCUT2D eigenvalue weighted by Gasteiger charge is -2.09. The molecular formula is C15H15N3O5S. The molecule has 0 spiro atoms. The molecule has 0 aliphatic carbocycles. The molecule has 0 aliphatic heterocycles. The van der Waals surface area contributed by atoms with Gasteiger partial charge in [-0.3, -0.25) is 20.2 Å². The number of carbonyl (C=O) groups excluding carboxylic acids is 1. The van der Waals surface area contributed by atoms with E-state index in [2.05, 4.69) is 10.6 Å². The molecule has 0 atom stereocenters. The molecule has 1 aromatic carbocycles. The van der Waals surface area contributed by atoms with Gasteiger partial charge in [0.25, 0.3) is 5.91 Å². The standard InChI is InChI=1S/C15H15N3O5S/c1-2-22-13-6-5-10(8-12(13)18(20)21)14(19)17-15(24)16-9-11-4-3-7-23-11/h3-8H,2,9H2,1H3,(H2,16,17,19,24). The fourth-order valence-electron chi connectivity index (χ4n) is 1.88. The van der Waals surface area contributed by atoms with Gasteiger partial charge in [-0.05, 0) is 43.4 Å². The molecule has 8 nitrogen and oxygen atoms in total. The van der Waals surface area contributed by atoms with Gasteiger partial charge in [-0.15, -0.1) is 0 Å². The van der Waals surface area contributed by atoms with Crippen molar-refractivity contribution in [2.75, 3.05) is 6.61 Å². The normalized spacial score (nSPS) is 10.0. The number of benzene rings is 1. The average Bonchev–Trinajstić information content (AvgIpc) is 3.06. The highest BCUT2D eigenvalue weighted by molar-refractivity contribution is 7.80. The third-order valence-corrected chi connectivity index (χ3v) is 3.19. The first-order valence-electron chi connectivity index (χ1n) is 7.04. The van der Waals surface area contributed by atoms with Crippen molar-refractivity contribution >= 4 is 28.9 Å². The number of nitrogens with zero attached hydrogens (tertiary/aromatic N) is 1. The summed E-state index contributed by atoms with van der Waals surface area (Å²) >= 11 is 5.01. The lowest BCUT2D eigenvalue weighted by Crippen LogP contribution is -2.38. The topological polar surface area (TPSA) is 107 Å². The van der Waals surface area contributed by atoms with E-state index >= 15 is 0 Å². The summed E-state index contributed by atoms with van der Waals surface area (Å²) in [5.41, 5.74) is -0.175. The number of thiocarbonyl (C=S) groups is 1. The zero-order valence-electron chi connectivity index (χ0n) is 12.8. The molecular weight excluding hydrogens is 334 g/mol. The van der Waals surface area contributed by atoms with Crippen molar-refractivity contribution in [3.8, 4) is 5.75 Å². The van der Waals surface area contributed by atoms with E-state index in [9.17, 15) is 14.9 Å². The number of amides is 1. The molecule has 1 heterocycles. The highest BCUT2D eigenvalue weighted by Crippen LogP contribution is 2.27. The van der Waals surface area contributed by atoms with Gasteiger partial charge in [0.2, 0.25) is 0 Å². The van der Waals surface area contributed by atoms with Crippen molar-refractivity contribution < 1.29 is 18.9 Å². The highest BCUT2D eigenvalue weighted by Gasteiger charge is 2.19. The molecule has 2 aromatic rings. The lowest BCUT2D eigenvalue weighted by atomic mass is 10.1. The summed E-state index contributed by atoms with van der Waals surface area (Å²) in [5.74, 6) is 0.207. The Kier molecular flexibility index (Phi) is 5.85. The van der Waals surface area contributed by atoms with Crippen LogP contribution >= 0.6 is 12.2 Å². The van der Waals surface area contributed by atoms with Crippen molar-refractivity contribution in [2.24, 2.45) is 0 Å². The molecule has 0 radical (unpaired) electrons. The molecule has 1 amide bonds. The first-order chi connectivity index (χ1) is 11.5. The molecule has 0 aliphatic rings. The first-order valence-corrected chi connectivity index (χ1v) is 7.45. The SMILES string of the molecule is CCOc1ccc(C(=O)NC(=S)NCc2ccco2)cc1[N+](=O)[O-]. The van der Waals surface area contributed by atoms with Crippen molar-refractivity contribution in [1.29, 1.82) is 0 Å². The molecule has 24 heavy (non-hydrogen) atoms. The van der Waals surface area contributed by atoms with Gasteiger partial charge in [0.05, 0.1) is 24.3 Å². The molecule has 0 saturated carbocycles. The maximum absolute atomic E-state index is 12.1. The van der Waals surface area contributed by atoms with Crippen LogP contribution in [0.15, 0.2) is 41.0 Å². The number of rotatable bonds is 6. The number of carbonyl (C=O) groups is 1. The van der Waals surface area contributed by atoms with E-state index in [0.717, 1.165) is 6.07 Å². The number of hydrogen-bond acceptors (Lipinski definition) is 6. The van der Waals surface area contributed by atoms with E-state index in [1.165, 1.54) is 18.4 Å². The van der Waals surface area contributed by atoms with E-state index in [1.807, 2.05) is 0 Å². The number of furan rings is 1. The van der Waals surface area contributed by atoms with Gasteiger partial charge >= 0.3 is 5.69 Å². The second kappa shape index (κ2) is 8.06. The summed E-state index contributed by atoms with van der Waals surface area (Å²) in [6, 6.07) is 7.46. The van der Waals surface area contributed by atoms with Crippen LogP contribution in [0.3, 0.4) is 0 Å². The fourth-order valence-corrected chi connectivity index (χ4v) is 2.04. The van der Waals surface area contributed by atoms with Crippen molar-refractivity contribution in [2.45, 2.75) is 13.5 Å². The minimum Gasteiger partial charge on any atom is -0.487 e. The van der Waals surface area contributed by atoms with Gasteiger partial charge in [-0.1, -0.05) is 0 Å². The van der Waals surface area contributed by atoms with Crippen molar-refractivity contribution in [3.05, 3.63) is 58.0 Å². The average molecular weight is 349 g/mol. The quantitative estimate of drug-likeness (QED) is 0.468. The predicted molar refractivity (Wildman–Crippen MR) is 89.9 cm³/mol. The maximum Gasteiger partial charge on any atom is 0.311 e. The summed E-state index contributed by atoms with van der Waals surface area (Å²) in [7, 11) is 0. The number of nitrogens with one attached hydrogen (secondary N) is 2. The number of nitro benzene ring substituents is 1. The van der Waals surface area contributed by atoms with E-state index in [1.54, 1.807) is 19.1 Å². The van der Waals surface area contributed by atoms with Crippen LogP contribution in [0.5, 0.6) is 5.75 Å². The summed E-state index contributed by atoms with van der Waals surface area (Å²) in [4.78, 5) is 22.6. The van der Waals surface area contributed by atoms with Gasteiger partial charge in [0, 0.05) is 11.6 Å². The largest absolute Gasteiger partial charge is 0.487 e. The Hall–Kier alpha value is -2.94. The van der Waals surface area contributed by atoms with Gasteiger partial charge in [-0.25, -0.2) is 0 Å². The molecule has 2 N–H and O–H groups in total. The zero-order chi connectivity index (χ0) is 17.5. The van der Waals surface area contributed by atoms with Crippen LogP contribution in [-0.4, -0.2) is 22.5 Å². The molecule has 126 valence electrons. The van der Waals surface area contributed by atoms with Crippen LogP contribution in [0.4, 0.5) is 5.69 Å². The van der Waals surface area contributed by atoms with Crippen molar-refractivity contribution in [1.82, 2.24) is 10.6 Å². The van der Waals surface area contributed by atoms with Gasteiger partial charge < -0.3 is 14.5 Å². The number of nitro groups is 1. The van der Waals surface area contributed by atoms with Gasteiger partial charge in [-0.2, -0.15) is 0 Å². The van der Waals surface area contributed by atoms with Gasteiger partial charge in [0.1, 0.15) is 5.76 Å². The van der Waals surface area contributed by atoms with Crippen molar-refractivity contribution in [3.63, 3.8) is 0 Å². The second-order valence-corrected chi connectivity index (χ2v) is 5.00. The molecule has 1 aromatic heterocycles. The molecule has 0 fully saturated rings. The third-order valence-electron chi connectivity index (χ3n) is 2.95. The predicted octanol–water partition coefficient (Wildman–Crippen LogP) is 2.39. The monoisotopic (exact) mass is 349 g/mol. The lowest BCUT2D eigenvalue weighted by molar-refractivity contribution is -0.385. The van der Waals surface area contributed by atoms with E-state index in [4.69, 9.17) is 21.4 Å². The minimum atomic E-state index is -0.602. The molecule has 0 unspecified atom stereocenters. The zero-order valence-corrected chi connectivity index (χ0v) is 13.6. The summed E-state index contributed by atoms with van der Waals surface area (Å²) < 4.78 is 10.3. The number of hydrogen-bond donors (Lipinski definition) is 2. The summed E-state index contributed by atoms with van der Waals surface area (Å²) in [6.45, 7) is 2.32. The Morgan fingerprint density at radius 2 is 2.21 bits per heavy atom. The molecule has 0 bridgehead atoms. The molecule has 2 rings (SSSR count). The molecule has 9 heteroatoms. The van der Waals surface area contributed by atoms with E-state index in [0.29, 0.717) is 12.3 Å². The minimum absolute atomic E-state index is 0.0907. The molecule has 0 saturated heterocycles. The maximum atomic E-state index is 12.1. The van der Waals surface area contributed by atoms with Crippen LogP contribution in [0.25, 0.3) is 0 Å². The van der Waals surface area contributed by atoms with Crippen LogP contribution in [0, 0.1) is 10.1 Å².